The van der Waals surface area contributed by atoms with Crippen LogP contribution >= 0.6 is 0 Å². The number of hydrogen-bond donors (Lipinski definition) is 2. The Kier molecular flexibility index (Phi) is 5.46. The van der Waals surface area contributed by atoms with E-state index < -0.39 is 11.9 Å². The van der Waals surface area contributed by atoms with E-state index in [9.17, 15) is 9.50 Å². The van der Waals surface area contributed by atoms with E-state index in [1.165, 1.54) is 12.1 Å². The molecule has 1 aromatic heterocycles. The maximum Gasteiger partial charge on any atom is 0.165 e. The number of halogens is 1. The number of aliphatic hydroxyl groups is 1. The Morgan fingerprint density at radius 3 is 2.85 bits per heavy atom. The summed E-state index contributed by atoms with van der Waals surface area (Å²) < 4.78 is 18.5. The Balaban J connectivity index is 1.68. The van der Waals surface area contributed by atoms with Crippen molar-refractivity contribution in [3.8, 4) is 5.75 Å². The van der Waals surface area contributed by atoms with E-state index in [1.54, 1.807) is 24.5 Å². The third-order valence-corrected chi connectivity index (χ3v) is 2.70. The topological polar surface area (TPSA) is 54.4 Å². The molecule has 0 spiro atoms. The van der Waals surface area contributed by atoms with Crippen LogP contribution < -0.4 is 10.1 Å². The molecular weight excluding hydrogens is 259 g/mol. The molecule has 0 amide bonds. The van der Waals surface area contributed by atoms with Crippen molar-refractivity contribution in [3.05, 3.63) is 60.2 Å². The lowest BCUT2D eigenvalue weighted by Crippen LogP contribution is -2.31. The molecule has 2 rings (SSSR count). The first kappa shape index (κ1) is 14.4. The second kappa shape index (κ2) is 7.57. The summed E-state index contributed by atoms with van der Waals surface area (Å²) in [7, 11) is 0. The van der Waals surface area contributed by atoms with Gasteiger partial charge in [-0.1, -0.05) is 18.2 Å². The summed E-state index contributed by atoms with van der Waals surface area (Å²) in [5, 5.41) is 12.8. The Bertz CT molecular complexity index is 522. The normalized spacial score (nSPS) is 12.1. The lowest BCUT2D eigenvalue weighted by atomic mass is 10.3. The number of rotatable bonds is 7. The highest BCUT2D eigenvalue weighted by Crippen LogP contribution is 2.15. The average Bonchev–Trinajstić information content (AvgIpc) is 2.47. The van der Waals surface area contributed by atoms with E-state index in [-0.39, 0.29) is 12.4 Å². The van der Waals surface area contributed by atoms with Gasteiger partial charge in [0.25, 0.3) is 0 Å². The number of benzene rings is 1. The summed E-state index contributed by atoms with van der Waals surface area (Å²) in [4.78, 5) is 4.00. The van der Waals surface area contributed by atoms with Crippen LogP contribution in [-0.4, -0.2) is 29.3 Å². The molecule has 0 radical (unpaired) electrons. The Morgan fingerprint density at radius 2 is 2.10 bits per heavy atom. The van der Waals surface area contributed by atoms with Gasteiger partial charge < -0.3 is 15.2 Å². The molecule has 2 N–H and O–H groups in total. The number of pyridine rings is 1. The minimum absolute atomic E-state index is 0.0426. The number of aliphatic hydroxyl groups excluding tert-OH is 1. The highest BCUT2D eigenvalue weighted by atomic mass is 19.1. The fourth-order valence-electron chi connectivity index (χ4n) is 1.69. The van der Waals surface area contributed by atoms with Crippen LogP contribution in [0.2, 0.25) is 0 Å². The van der Waals surface area contributed by atoms with Gasteiger partial charge in [0.15, 0.2) is 11.6 Å². The van der Waals surface area contributed by atoms with Crippen molar-refractivity contribution in [3.63, 3.8) is 0 Å². The Hall–Kier alpha value is -1.98. The van der Waals surface area contributed by atoms with Gasteiger partial charge in [0.1, 0.15) is 12.7 Å². The summed E-state index contributed by atoms with van der Waals surface area (Å²) in [6.45, 7) is 1.02. The fourth-order valence-corrected chi connectivity index (χ4v) is 1.69. The molecule has 20 heavy (non-hydrogen) atoms. The summed E-state index contributed by atoms with van der Waals surface area (Å²) >= 11 is 0. The summed E-state index contributed by atoms with van der Waals surface area (Å²) in [6.07, 6.45) is 2.77. The molecule has 0 saturated heterocycles. The summed E-state index contributed by atoms with van der Waals surface area (Å²) in [5.74, 6) is -0.276. The second-order valence-electron chi connectivity index (χ2n) is 4.39. The molecule has 0 fully saturated rings. The number of ether oxygens (including phenoxy) is 1. The van der Waals surface area contributed by atoms with E-state index >= 15 is 0 Å². The van der Waals surface area contributed by atoms with Gasteiger partial charge in [0.05, 0.1) is 0 Å². The predicted molar refractivity (Wildman–Crippen MR) is 73.8 cm³/mol. The van der Waals surface area contributed by atoms with Crippen molar-refractivity contribution < 1.29 is 14.2 Å². The number of nitrogens with one attached hydrogen (secondary N) is 1. The lowest BCUT2D eigenvalue weighted by Gasteiger charge is -2.13. The number of hydrogen-bond acceptors (Lipinski definition) is 4. The van der Waals surface area contributed by atoms with E-state index in [0.29, 0.717) is 13.1 Å². The maximum atomic E-state index is 13.3. The van der Waals surface area contributed by atoms with Crippen LogP contribution in [-0.2, 0) is 6.54 Å². The van der Waals surface area contributed by atoms with Crippen LogP contribution in [0.1, 0.15) is 5.56 Å². The van der Waals surface area contributed by atoms with Crippen LogP contribution in [0.4, 0.5) is 4.39 Å². The molecule has 1 heterocycles. The zero-order valence-electron chi connectivity index (χ0n) is 11.0. The van der Waals surface area contributed by atoms with Crippen LogP contribution in [0, 0.1) is 5.82 Å². The molecule has 0 saturated carbocycles. The number of para-hydroxylation sites is 1. The molecule has 0 aliphatic carbocycles. The SMILES string of the molecule is OC(CNCc1cccnc1)COc1ccccc1F. The van der Waals surface area contributed by atoms with Crippen molar-refractivity contribution in [1.82, 2.24) is 10.3 Å². The molecule has 1 aromatic carbocycles. The van der Waals surface area contributed by atoms with Gasteiger partial charge in [-0.15, -0.1) is 0 Å². The van der Waals surface area contributed by atoms with Gasteiger partial charge in [-0.3, -0.25) is 4.98 Å². The van der Waals surface area contributed by atoms with Crippen molar-refractivity contribution in [1.29, 1.82) is 0 Å². The molecule has 1 atom stereocenters. The highest BCUT2D eigenvalue weighted by molar-refractivity contribution is 5.23. The molecule has 106 valence electrons. The smallest absolute Gasteiger partial charge is 0.165 e. The van der Waals surface area contributed by atoms with E-state index in [4.69, 9.17) is 4.74 Å². The second-order valence-corrected chi connectivity index (χ2v) is 4.39. The fraction of sp³-hybridized carbons (Fsp3) is 0.267. The molecular formula is C15H17FN2O2. The maximum absolute atomic E-state index is 13.3. The molecule has 5 heteroatoms. The van der Waals surface area contributed by atoms with Gasteiger partial charge in [-0.2, -0.15) is 0 Å². The van der Waals surface area contributed by atoms with E-state index in [2.05, 4.69) is 10.3 Å². The van der Waals surface area contributed by atoms with Crippen LogP contribution in [0.15, 0.2) is 48.8 Å². The monoisotopic (exact) mass is 276 g/mol. The molecule has 4 nitrogen and oxygen atoms in total. The summed E-state index contributed by atoms with van der Waals surface area (Å²) in [5.41, 5.74) is 1.04. The van der Waals surface area contributed by atoms with E-state index in [0.717, 1.165) is 5.56 Å². The van der Waals surface area contributed by atoms with Crippen LogP contribution in [0.3, 0.4) is 0 Å². The van der Waals surface area contributed by atoms with Gasteiger partial charge in [0, 0.05) is 25.5 Å². The zero-order valence-corrected chi connectivity index (χ0v) is 11.0. The molecule has 2 aromatic rings. The lowest BCUT2D eigenvalue weighted by molar-refractivity contribution is 0.104. The first-order valence-electron chi connectivity index (χ1n) is 6.40. The standard InChI is InChI=1S/C15H17FN2O2/c16-14-5-1-2-6-15(14)20-11-13(19)10-18-9-12-4-3-7-17-8-12/h1-8,13,18-19H,9-11H2. The minimum Gasteiger partial charge on any atom is -0.488 e. The number of aromatic nitrogens is 1. The summed E-state index contributed by atoms with van der Waals surface area (Å²) in [6, 6.07) is 9.93. The first-order chi connectivity index (χ1) is 9.75. The van der Waals surface area contributed by atoms with Crippen molar-refractivity contribution in [2.24, 2.45) is 0 Å². The van der Waals surface area contributed by atoms with Crippen molar-refractivity contribution in [2.75, 3.05) is 13.2 Å². The van der Waals surface area contributed by atoms with Gasteiger partial charge in [0.2, 0.25) is 0 Å². The quantitative estimate of drug-likeness (QED) is 0.809. The van der Waals surface area contributed by atoms with E-state index in [1.807, 2.05) is 12.1 Å². The zero-order chi connectivity index (χ0) is 14.2. The Morgan fingerprint density at radius 1 is 1.25 bits per heavy atom. The third-order valence-electron chi connectivity index (χ3n) is 2.70. The Labute approximate surface area is 117 Å². The molecule has 0 bridgehead atoms. The largest absolute Gasteiger partial charge is 0.488 e. The van der Waals surface area contributed by atoms with Gasteiger partial charge in [-0.25, -0.2) is 4.39 Å². The molecule has 1 unspecified atom stereocenters. The van der Waals surface area contributed by atoms with Gasteiger partial charge >= 0.3 is 0 Å². The average molecular weight is 276 g/mol. The molecule has 0 aliphatic rings. The molecule has 0 aliphatic heterocycles. The van der Waals surface area contributed by atoms with Crippen LogP contribution in [0.25, 0.3) is 0 Å². The predicted octanol–water partition coefficient (Wildman–Crippen LogP) is 1.75. The van der Waals surface area contributed by atoms with Crippen molar-refractivity contribution >= 4 is 0 Å². The first-order valence-corrected chi connectivity index (χ1v) is 6.40. The number of nitrogens with zero attached hydrogens (tertiary/aromatic N) is 1. The third kappa shape index (κ3) is 4.60. The minimum atomic E-state index is -0.703. The van der Waals surface area contributed by atoms with Crippen molar-refractivity contribution in [2.45, 2.75) is 12.6 Å². The highest BCUT2D eigenvalue weighted by Gasteiger charge is 2.07. The van der Waals surface area contributed by atoms with Gasteiger partial charge in [-0.05, 0) is 23.8 Å². The van der Waals surface area contributed by atoms with Crippen LogP contribution in [0.5, 0.6) is 5.75 Å².